The van der Waals surface area contributed by atoms with Crippen molar-refractivity contribution in [1.29, 1.82) is 0 Å². The fourth-order valence-electron chi connectivity index (χ4n) is 9.92. The first kappa shape index (κ1) is 39.1. The molecule has 0 amide bonds. The van der Waals surface area contributed by atoms with Crippen molar-refractivity contribution in [3.8, 4) is 0 Å². The third-order valence-corrected chi connectivity index (χ3v) is 18.1. The summed E-state index contributed by atoms with van der Waals surface area (Å²) in [7, 11) is -2.97. The van der Waals surface area contributed by atoms with Crippen molar-refractivity contribution in [2.24, 2.45) is 0 Å². The van der Waals surface area contributed by atoms with E-state index < -0.39 is 8.07 Å². The van der Waals surface area contributed by atoms with Crippen molar-refractivity contribution in [2.45, 2.75) is 72.8 Å². The molecular formula is C57H56Si. The van der Waals surface area contributed by atoms with Crippen LogP contribution in [0, 0.1) is 13.8 Å². The lowest BCUT2D eigenvalue weighted by Gasteiger charge is -2.42. The maximum Gasteiger partial charge on any atom is 0.159 e. The topological polar surface area (TPSA) is 0 Å². The number of benzene rings is 7. The maximum absolute atomic E-state index is 2.97. The highest BCUT2D eigenvalue weighted by Crippen LogP contribution is 2.47. The predicted octanol–water partition coefficient (Wildman–Crippen LogP) is 12.2. The van der Waals surface area contributed by atoms with Crippen LogP contribution in [0.15, 0.2) is 198 Å². The van der Waals surface area contributed by atoms with Gasteiger partial charge in [0.15, 0.2) is 8.07 Å². The minimum absolute atomic E-state index is 0.266. The summed E-state index contributed by atoms with van der Waals surface area (Å²) in [5.41, 5.74) is 19.8. The quantitative estimate of drug-likeness (QED) is 0.0858. The largest absolute Gasteiger partial charge is 0.159 e. The third-order valence-electron chi connectivity index (χ3n) is 12.7. The van der Waals surface area contributed by atoms with Gasteiger partial charge in [-0.25, -0.2) is 0 Å². The lowest BCUT2D eigenvalue weighted by molar-refractivity contribution is 1.08. The molecule has 7 aromatic rings. The second-order valence-electron chi connectivity index (χ2n) is 17.0. The Morgan fingerprint density at radius 3 is 0.879 bits per heavy atom. The van der Waals surface area contributed by atoms with Gasteiger partial charge in [0.2, 0.25) is 0 Å². The van der Waals surface area contributed by atoms with Crippen LogP contribution in [0.25, 0.3) is 0 Å². The maximum atomic E-state index is 2.63. The molecule has 0 heterocycles. The van der Waals surface area contributed by atoms with Crippen molar-refractivity contribution in [3.05, 3.63) is 254 Å². The van der Waals surface area contributed by atoms with Crippen LogP contribution in [0.3, 0.4) is 0 Å². The fourth-order valence-corrected chi connectivity index (χ4v) is 16.2. The van der Waals surface area contributed by atoms with Gasteiger partial charge >= 0.3 is 0 Å². The van der Waals surface area contributed by atoms with Crippen LogP contribution in [-0.2, 0) is 25.7 Å². The lowest BCUT2D eigenvalue weighted by atomic mass is 9.99. The lowest BCUT2D eigenvalue weighted by Crippen LogP contribution is -2.70. The molecule has 58 heavy (non-hydrogen) atoms. The van der Waals surface area contributed by atoms with Crippen LogP contribution < -0.4 is 15.6 Å². The van der Waals surface area contributed by atoms with E-state index >= 15 is 0 Å². The van der Waals surface area contributed by atoms with Crippen LogP contribution in [0.1, 0.15) is 83.3 Å². The number of hydrogen-bond donors (Lipinski definition) is 0. The van der Waals surface area contributed by atoms with E-state index in [1.165, 1.54) is 93.5 Å². The van der Waals surface area contributed by atoms with Gasteiger partial charge in [-0.3, -0.25) is 0 Å². The highest BCUT2D eigenvalue weighted by molar-refractivity contribution is 7.13. The first-order chi connectivity index (χ1) is 28.2. The van der Waals surface area contributed by atoms with E-state index in [4.69, 9.17) is 0 Å². The Bertz CT molecular complexity index is 2300. The number of allylic oxidation sites excluding steroid dienone is 4. The molecule has 288 valence electrons. The Labute approximate surface area is 348 Å². The van der Waals surface area contributed by atoms with Crippen molar-refractivity contribution < 1.29 is 0 Å². The van der Waals surface area contributed by atoms with Gasteiger partial charge in [-0.1, -0.05) is 198 Å². The third kappa shape index (κ3) is 8.15. The normalized spacial score (nSPS) is 13.4. The predicted molar refractivity (Wildman–Crippen MR) is 251 cm³/mol. The average molecular weight is 769 g/mol. The van der Waals surface area contributed by atoms with Crippen LogP contribution in [0.2, 0.25) is 5.54 Å². The number of aryl methyl sites for hydroxylation is 2. The molecule has 0 saturated carbocycles. The molecule has 1 aliphatic carbocycles. The average Bonchev–Trinajstić information content (AvgIpc) is 3.41. The van der Waals surface area contributed by atoms with Crippen LogP contribution in [-0.4, -0.2) is 8.07 Å². The van der Waals surface area contributed by atoms with Gasteiger partial charge < -0.3 is 0 Å². The monoisotopic (exact) mass is 768 g/mol. The summed E-state index contributed by atoms with van der Waals surface area (Å²) in [4.78, 5) is 0. The van der Waals surface area contributed by atoms with E-state index in [0.717, 1.165) is 25.7 Å². The zero-order valence-electron chi connectivity index (χ0n) is 35.1. The van der Waals surface area contributed by atoms with E-state index in [1.54, 1.807) is 0 Å². The molecule has 7 aromatic carbocycles. The molecule has 1 heteroatoms. The van der Waals surface area contributed by atoms with Crippen molar-refractivity contribution in [3.63, 3.8) is 0 Å². The standard InChI is InChI=1S/C57H56Si/c1-40-27-41(2)29-54(28-40)58(57-44(5)42(3)43(4)45(57)6,55-36-50(30-46-19-11-7-12-20-46)34-51(37-55)31-47-21-13-8-14-22-47)56-38-52(32-48-23-15-9-16-24-48)35-53(39-56)33-49-25-17-10-18-26-49/h7-29,34-39,57H,30-33H2,1-6H3. The highest BCUT2D eigenvalue weighted by Gasteiger charge is 2.51. The first-order valence-electron chi connectivity index (χ1n) is 21.0. The van der Waals surface area contributed by atoms with Gasteiger partial charge in [0, 0.05) is 5.54 Å². The van der Waals surface area contributed by atoms with E-state index in [1.807, 2.05) is 0 Å². The fraction of sp³-hybridized carbons (Fsp3) is 0.193. The Balaban J connectivity index is 1.48. The number of rotatable bonds is 12. The van der Waals surface area contributed by atoms with Gasteiger partial charge in [0.25, 0.3) is 0 Å². The Hall–Kier alpha value is -5.76. The summed E-state index contributed by atoms with van der Waals surface area (Å²) in [5.74, 6) is 0. The van der Waals surface area contributed by atoms with Gasteiger partial charge in [-0.05, 0) is 138 Å². The molecule has 0 saturated heterocycles. The molecule has 0 unspecified atom stereocenters. The van der Waals surface area contributed by atoms with Gasteiger partial charge in [0.05, 0.1) is 0 Å². The summed E-state index contributed by atoms with van der Waals surface area (Å²) in [5, 5.41) is 4.51. The molecule has 0 atom stereocenters. The van der Waals surface area contributed by atoms with Crippen molar-refractivity contribution in [2.75, 3.05) is 0 Å². The molecule has 0 fully saturated rings. The Morgan fingerprint density at radius 1 is 0.310 bits per heavy atom. The van der Waals surface area contributed by atoms with E-state index in [9.17, 15) is 0 Å². The van der Waals surface area contributed by atoms with Crippen molar-refractivity contribution >= 4 is 23.6 Å². The minimum atomic E-state index is -2.97. The highest BCUT2D eigenvalue weighted by atomic mass is 28.3. The van der Waals surface area contributed by atoms with Crippen LogP contribution in [0.5, 0.6) is 0 Å². The molecule has 8 rings (SSSR count). The summed E-state index contributed by atoms with van der Waals surface area (Å²) in [6.45, 7) is 14.2. The zero-order chi connectivity index (χ0) is 40.2. The molecule has 0 N–H and O–H groups in total. The summed E-state index contributed by atoms with van der Waals surface area (Å²) in [6, 6.07) is 67.2. The molecule has 1 aliphatic rings. The molecule has 0 radical (unpaired) electrons. The molecule has 0 bridgehead atoms. The Morgan fingerprint density at radius 2 is 0.586 bits per heavy atom. The smallest absolute Gasteiger partial charge is 0.0647 e. The summed E-state index contributed by atoms with van der Waals surface area (Å²) in [6.07, 6.45) is 3.59. The summed E-state index contributed by atoms with van der Waals surface area (Å²) < 4.78 is 0. The van der Waals surface area contributed by atoms with E-state index in [2.05, 4.69) is 217 Å². The van der Waals surface area contributed by atoms with Crippen molar-refractivity contribution in [1.82, 2.24) is 0 Å². The molecule has 0 aliphatic heterocycles. The van der Waals surface area contributed by atoms with Gasteiger partial charge in [-0.2, -0.15) is 0 Å². The molecule has 0 nitrogen and oxygen atoms in total. The second kappa shape index (κ2) is 17.0. The SMILES string of the molecule is CC1=C(C)C([Si](c2cc(C)cc(C)c2)(c2cc(Cc3ccccc3)cc(Cc3ccccc3)c2)c2cc(Cc3ccccc3)cc(Cc3ccccc3)c2)C(C)=C1C. The van der Waals surface area contributed by atoms with E-state index in [0.29, 0.717) is 0 Å². The molecular weight excluding hydrogens is 713 g/mol. The first-order valence-corrected chi connectivity index (χ1v) is 23.1. The van der Waals surface area contributed by atoms with Gasteiger partial charge in [0.1, 0.15) is 0 Å². The minimum Gasteiger partial charge on any atom is -0.0647 e. The summed E-state index contributed by atoms with van der Waals surface area (Å²) >= 11 is 0. The Kier molecular flexibility index (Phi) is 11.4. The van der Waals surface area contributed by atoms with Crippen LogP contribution in [0.4, 0.5) is 0 Å². The molecule has 0 aromatic heterocycles. The second-order valence-corrected chi connectivity index (χ2v) is 20.9. The zero-order valence-corrected chi connectivity index (χ0v) is 36.1. The number of hydrogen-bond acceptors (Lipinski definition) is 0. The van der Waals surface area contributed by atoms with Crippen LogP contribution >= 0.6 is 0 Å². The van der Waals surface area contributed by atoms with E-state index in [-0.39, 0.29) is 5.54 Å². The molecule has 0 spiro atoms. The van der Waals surface area contributed by atoms with Gasteiger partial charge in [-0.15, -0.1) is 0 Å².